The van der Waals surface area contributed by atoms with E-state index in [-0.39, 0.29) is 0 Å². The third-order valence-electron chi connectivity index (χ3n) is 3.76. The van der Waals surface area contributed by atoms with Crippen LogP contribution in [-0.4, -0.2) is 6.04 Å². The van der Waals surface area contributed by atoms with E-state index in [9.17, 15) is 0 Å². The highest BCUT2D eigenvalue weighted by molar-refractivity contribution is 5.13. The summed E-state index contributed by atoms with van der Waals surface area (Å²) in [5.41, 5.74) is 4.44. The minimum atomic E-state index is 0.557. The van der Waals surface area contributed by atoms with Gasteiger partial charge in [0.1, 0.15) is 0 Å². The highest BCUT2D eigenvalue weighted by atomic mass is 16.6. The molecule has 1 aromatic carbocycles. The largest absolute Gasteiger partial charge is 0.297 e. The van der Waals surface area contributed by atoms with Crippen LogP contribution in [0.5, 0.6) is 0 Å². The van der Waals surface area contributed by atoms with E-state index in [1.54, 1.807) is 0 Å². The molecule has 2 nitrogen and oxygen atoms in total. The van der Waals surface area contributed by atoms with Crippen molar-refractivity contribution in [2.45, 2.75) is 51.7 Å². The van der Waals surface area contributed by atoms with Crippen molar-refractivity contribution in [2.24, 2.45) is 5.92 Å². The molecule has 0 aliphatic heterocycles. The molecule has 0 heterocycles. The van der Waals surface area contributed by atoms with Crippen LogP contribution in [-0.2, 0) is 11.4 Å². The molecule has 1 aliphatic carbocycles. The molecule has 0 saturated heterocycles. The Bertz CT molecular complexity index is 304. The molecule has 0 atom stereocenters. The van der Waals surface area contributed by atoms with Crippen LogP contribution >= 0.6 is 0 Å². The normalized spacial score (nSPS) is 24.8. The number of hydrogen-bond donors (Lipinski definition) is 1. The lowest BCUT2D eigenvalue weighted by Crippen LogP contribution is -2.33. The first-order chi connectivity index (χ1) is 8.38. The Balaban J connectivity index is 1.63. The van der Waals surface area contributed by atoms with Crippen molar-refractivity contribution >= 4 is 0 Å². The van der Waals surface area contributed by atoms with Crippen LogP contribution in [0, 0.1) is 5.92 Å². The Hall–Kier alpha value is -0.860. The molecule has 1 fully saturated rings. The van der Waals surface area contributed by atoms with E-state index in [4.69, 9.17) is 4.84 Å². The Kier molecular flexibility index (Phi) is 5.02. The summed E-state index contributed by atoms with van der Waals surface area (Å²) in [5.74, 6) is 0.946. The van der Waals surface area contributed by atoms with Crippen molar-refractivity contribution in [3.63, 3.8) is 0 Å². The maximum Gasteiger partial charge on any atom is 0.0933 e. The number of nitrogens with one attached hydrogen (secondary N) is 1. The zero-order valence-electron chi connectivity index (χ0n) is 10.7. The Morgan fingerprint density at radius 3 is 2.47 bits per heavy atom. The van der Waals surface area contributed by atoms with Crippen molar-refractivity contribution in [1.82, 2.24) is 5.48 Å². The van der Waals surface area contributed by atoms with E-state index in [2.05, 4.69) is 24.5 Å². The summed E-state index contributed by atoms with van der Waals surface area (Å²) in [6.07, 6.45) is 6.55. The van der Waals surface area contributed by atoms with Gasteiger partial charge in [0, 0.05) is 6.04 Å². The smallest absolute Gasteiger partial charge is 0.0933 e. The van der Waals surface area contributed by atoms with Gasteiger partial charge in [-0.1, -0.05) is 43.7 Å². The van der Waals surface area contributed by atoms with Crippen molar-refractivity contribution in [1.29, 1.82) is 0 Å². The maximum absolute atomic E-state index is 5.58. The van der Waals surface area contributed by atoms with Crippen molar-refractivity contribution in [2.75, 3.05) is 0 Å². The van der Waals surface area contributed by atoms with Gasteiger partial charge in [-0.2, -0.15) is 5.48 Å². The van der Waals surface area contributed by atoms with E-state index in [0.717, 1.165) is 5.92 Å². The summed E-state index contributed by atoms with van der Waals surface area (Å²) in [6, 6.07) is 10.9. The number of rotatable bonds is 5. The summed E-state index contributed by atoms with van der Waals surface area (Å²) >= 11 is 0. The molecule has 0 aromatic heterocycles. The van der Waals surface area contributed by atoms with E-state index < -0.39 is 0 Å². The number of benzene rings is 1. The van der Waals surface area contributed by atoms with Gasteiger partial charge in [-0.15, -0.1) is 0 Å². The monoisotopic (exact) mass is 233 g/mol. The average Bonchev–Trinajstić information content (AvgIpc) is 2.41. The van der Waals surface area contributed by atoms with Crippen LogP contribution in [0.25, 0.3) is 0 Å². The molecule has 1 aromatic rings. The fraction of sp³-hybridized carbons (Fsp3) is 0.600. The number of hydrogen-bond acceptors (Lipinski definition) is 2. The Morgan fingerprint density at radius 1 is 1.12 bits per heavy atom. The predicted octanol–water partition coefficient (Wildman–Crippen LogP) is 3.68. The molecule has 2 rings (SSSR count). The zero-order valence-corrected chi connectivity index (χ0v) is 10.7. The van der Waals surface area contributed by atoms with Gasteiger partial charge >= 0.3 is 0 Å². The minimum absolute atomic E-state index is 0.557. The molecule has 0 unspecified atom stereocenters. The van der Waals surface area contributed by atoms with Crippen molar-refractivity contribution in [3.8, 4) is 0 Å². The first kappa shape index (κ1) is 12.6. The van der Waals surface area contributed by atoms with Crippen LogP contribution < -0.4 is 5.48 Å². The van der Waals surface area contributed by atoms with Gasteiger partial charge in [0.25, 0.3) is 0 Å². The summed E-state index contributed by atoms with van der Waals surface area (Å²) in [5, 5.41) is 0. The molecule has 0 amide bonds. The minimum Gasteiger partial charge on any atom is -0.297 e. The van der Waals surface area contributed by atoms with Gasteiger partial charge in [-0.25, -0.2) is 0 Å². The van der Waals surface area contributed by atoms with Gasteiger partial charge in [0.05, 0.1) is 6.61 Å². The lowest BCUT2D eigenvalue weighted by atomic mass is 9.85. The van der Waals surface area contributed by atoms with Gasteiger partial charge in [0.15, 0.2) is 0 Å². The molecule has 1 N–H and O–H groups in total. The van der Waals surface area contributed by atoms with Crippen LogP contribution in [0.4, 0.5) is 0 Å². The average molecular weight is 233 g/mol. The topological polar surface area (TPSA) is 21.3 Å². The fourth-order valence-corrected chi connectivity index (χ4v) is 2.51. The lowest BCUT2D eigenvalue weighted by Gasteiger charge is -2.28. The van der Waals surface area contributed by atoms with Gasteiger partial charge < -0.3 is 0 Å². The Morgan fingerprint density at radius 2 is 1.82 bits per heavy atom. The third kappa shape index (κ3) is 4.14. The standard InChI is InChI=1S/C15H23NO/c1-2-13-8-10-15(11-9-13)16-17-12-14-6-4-3-5-7-14/h3-7,13,15-16H,2,8-12H2,1H3. The molecule has 1 saturated carbocycles. The van der Waals surface area contributed by atoms with E-state index in [0.29, 0.717) is 12.6 Å². The highest BCUT2D eigenvalue weighted by Crippen LogP contribution is 2.26. The van der Waals surface area contributed by atoms with Crippen LogP contribution in [0.1, 0.15) is 44.6 Å². The highest BCUT2D eigenvalue weighted by Gasteiger charge is 2.19. The molecule has 94 valence electrons. The molecule has 0 spiro atoms. The van der Waals surface area contributed by atoms with Gasteiger partial charge in [-0.05, 0) is 37.2 Å². The molecule has 0 bridgehead atoms. The van der Waals surface area contributed by atoms with Gasteiger partial charge in [0.2, 0.25) is 0 Å². The second kappa shape index (κ2) is 6.77. The fourth-order valence-electron chi connectivity index (χ4n) is 2.51. The molecule has 17 heavy (non-hydrogen) atoms. The quantitative estimate of drug-likeness (QED) is 0.783. The van der Waals surface area contributed by atoms with Crippen molar-refractivity contribution in [3.05, 3.63) is 35.9 Å². The van der Waals surface area contributed by atoms with E-state index >= 15 is 0 Å². The molecule has 0 radical (unpaired) electrons. The predicted molar refractivity (Wildman–Crippen MR) is 70.4 cm³/mol. The molecule has 1 aliphatic rings. The second-order valence-electron chi connectivity index (χ2n) is 5.02. The zero-order chi connectivity index (χ0) is 11.9. The molecular formula is C15H23NO. The van der Waals surface area contributed by atoms with E-state index in [1.807, 2.05) is 18.2 Å². The number of hydroxylamine groups is 1. The first-order valence-corrected chi connectivity index (χ1v) is 6.79. The van der Waals surface area contributed by atoms with Crippen molar-refractivity contribution < 1.29 is 4.84 Å². The summed E-state index contributed by atoms with van der Waals surface area (Å²) in [6.45, 7) is 2.96. The lowest BCUT2D eigenvalue weighted by molar-refractivity contribution is -0.00816. The van der Waals surface area contributed by atoms with Crippen LogP contribution in [0.3, 0.4) is 0 Å². The summed E-state index contributed by atoms with van der Waals surface area (Å²) in [4.78, 5) is 5.58. The summed E-state index contributed by atoms with van der Waals surface area (Å²) < 4.78 is 0. The SMILES string of the molecule is CCC1CCC(NOCc2ccccc2)CC1. The van der Waals surface area contributed by atoms with Crippen LogP contribution in [0.15, 0.2) is 30.3 Å². The maximum atomic E-state index is 5.58. The second-order valence-corrected chi connectivity index (χ2v) is 5.02. The summed E-state index contributed by atoms with van der Waals surface area (Å²) in [7, 11) is 0. The molecule has 2 heteroatoms. The van der Waals surface area contributed by atoms with Crippen LogP contribution in [0.2, 0.25) is 0 Å². The first-order valence-electron chi connectivity index (χ1n) is 6.79. The Labute approximate surface area is 104 Å². The van der Waals surface area contributed by atoms with E-state index in [1.165, 1.54) is 37.7 Å². The third-order valence-corrected chi connectivity index (χ3v) is 3.76. The molecular weight excluding hydrogens is 210 g/mol. The van der Waals surface area contributed by atoms with Gasteiger partial charge in [-0.3, -0.25) is 4.84 Å².